The van der Waals surface area contributed by atoms with Crippen LogP contribution < -0.4 is 4.90 Å². The molecule has 0 aromatic heterocycles. The molecule has 0 unspecified atom stereocenters. The highest BCUT2D eigenvalue weighted by Crippen LogP contribution is 2.31. The van der Waals surface area contributed by atoms with Crippen LogP contribution in [0.3, 0.4) is 0 Å². The molecule has 15 heavy (non-hydrogen) atoms. The van der Waals surface area contributed by atoms with E-state index in [2.05, 4.69) is 11.9 Å². The molecule has 3 heteroatoms. The SMILES string of the molecule is CN(c1cc(Cl)ccc1CO)C1CCC1. The molecule has 1 saturated carbocycles. The van der Waals surface area contributed by atoms with Crippen molar-refractivity contribution in [2.24, 2.45) is 0 Å². The fourth-order valence-corrected chi connectivity index (χ4v) is 2.14. The maximum absolute atomic E-state index is 9.26. The Morgan fingerprint density at radius 3 is 2.73 bits per heavy atom. The minimum absolute atomic E-state index is 0.0730. The van der Waals surface area contributed by atoms with Gasteiger partial charge >= 0.3 is 0 Å². The molecule has 1 aliphatic carbocycles. The van der Waals surface area contributed by atoms with E-state index in [0.717, 1.165) is 16.3 Å². The number of halogens is 1. The van der Waals surface area contributed by atoms with Gasteiger partial charge in [0.05, 0.1) is 6.61 Å². The summed E-state index contributed by atoms with van der Waals surface area (Å²) in [6.07, 6.45) is 3.80. The molecule has 0 spiro atoms. The van der Waals surface area contributed by atoms with Gasteiger partial charge in [0.2, 0.25) is 0 Å². The van der Waals surface area contributed by atoms with Crippen molar-refractivity contribution >= 4 is 17.3 Å². The van der Waals surface area contributed by atoms with Gasteiger partial charge in [0, 0.05) is 29.4 Å². The lowest BCUT2D eigenvalue weighted by Gasteiger charge is -2.37. The number of rotatable bonds is 3. The molecular formula is C12H16ClNO. The van der Waals surface area contributed by atoms with E-state index in [-0.39, 0.29) is 6.61 Å². The zero-order valence-corrected chi connectivity index (χ0v) is 9.67. The highest BCUT2D eigenvalue weighted by atomic mass is 35.5. The fourth-order valence-electron chi connectivity index (χ4n) is 1.97. The molecule has 2 rings (SSSR count). The van der Waals surface area contributed by atoms with E-state index >= 15 is 0 Å². The van der Waals surface area contributed by atoms with Gasteiger partial charge in [-0.1, -0.05) is 17.7 Å². The van der Waals surface area contributed by atoms with Crippen LogP contribution in [0.1, 0.15) is 24.8 Å². The van der Waals surface area contributed by atoms with E-state index in [4.69, 9.17) is 11.6 Å². The predicted molar refractivity (Wildman–Crippen MR) is 63.4 cm³/mol. The smallest absolute Gasteiger partial charge is 0.0702 e. The second-order valence-corrected chi connectivity index (χ2v) is 4.56. The molecule has 0 bridgehead atoms. The van der Waals surface area contributed by atoms with Crippen LogP contribution in [-0.2, 0) is 6.61 Å². The van der Waals surface area contributed by atoms with Crippen LogP contribution in [0.15, 0.2) is 18.2 Å². The normalized spacial score (nSPS) is 16.2. The van der Waals surface area contributed by atoms with Gasteiger partial charge in [-0.2, -0.15) is 0 Å². The Labute approximate surface area is 95.5 Å². The number of anilines is 1. The molecule has 0 atom stereocenters. The largest absolute Gasteiger partial charge is 0.392 e. The van der Waals surface area contributed by atoms with Crippen molar-refractivity contribution in [1.29, 1.82) is 0 Å². The Hall–Kier alpha value is -0.730. The first-order chi connectivity index (χ1) is 7.22. The Bertz CT molecular complexity index is 349. The molecule has 0 heterocycles. The standard InChI is InChI=1S/C12H16ClNO/c1-14(11-3-2-4-11)12-7-10(13)6-5-9(12)8-15/h5-7,11,15H,2-4,8H2,1H3. The lowest BCUT2D eigenvalue weighted by Crippen LogP contribution is -2.37. The molecule has 1 aromatic carbocycles. The molecule has 1 N–H and O–H groups in total. The van der Waals surface area contributed by atoms with Crippen molar-refractivity contribution in [2.45, 2.75) is 31.9 Å². The summed E-state index contributed by atoms with van der Waals surface area (Å²) >= 11 is 5.98. The molecular weight excluding hydrogens is 210 g/mol. The molecule has 0 amide bonds. The lowest BCUT2D eigenvalue weighted by molar-refractivity contribution is 0.281. The van der Waals surface area contributed by atoms with E-state index in [9.17, 15) is 5.11 Å². The quantitative estimate of drug-likeness (QED) is 0.855. The summed E-state index contributed by atoms with van der Waals surface area (Å²) < 4.78 is 0. The third-order valence-electron chi connectivity index (χ3n) is 3.22. The third-order valence-corrected chi connectivity index (χ3v) is 3.46. The van der Waals surface area contributed by atoms with Gasteiger partial charge in [-0.3, -0.25) is 0 Å². The number of aliphatic hydroxyl groups is 1. The third kappa shape index (κ3) is 2.11. The zero-order chi connectivity index (χ0) is 10.8. The second kappa shape index (κ2) is 4.42. The molecule has 0 saturated heterocycles. The first-order valence-corrected chi connectivity index (χ1v) is 5.72. The average molecular weight is 226 g/mol. The van der Waals surface area contributed by atoms with Crippen molar-refractivity contribution in [3.63, 3.8) is 0 Å². The molecule has 0 aliphatic heterocycles. The highest BCUT2D eigenvalue weighted by Gasteiger charge is 2.23. The Kier molecular flexibility index (Phi) is 3.17. The van der Waals surface area contributed by atoms with Crippen LogP contribution in [0.4, 0.5) is 5.69 Å². The highest BCUT2D eigenvalue weighted by molar-refractivity contribution is 6.30. The Morgan fingerprint density at radius 1 is 1.47 bits per heavy atom. The first-order valence-electron chi connectivity index (χ1n) is 5.34. The molecule has 82 valence electrons. The van der Waals surface area contributed by atoms with Crippen LogP contribution in [-0.4, -0.2) is 18.2 Å². The van der Waals surface area contributed by atoms with Crippen LogP contribution in [0.2, 0.25) is 5.02 Å². The first kappa shape index (κ1) is 10.8. The lowest BCUT2D eigenvalue weighted by atomic mass is 9.91. The predicted octanol–water partition coefficient (Wildman–Crippen LogP) is 2.82. The number of hydrogen-bond donors (Lipinski definition) is 1. The minimum atomic E-state index is 0.0730. The zero-order valence-electron chi connectivity index (χ0n) is 8.91. The molecule has 2 nitrogen and oxygen atoms in total. The Morgan fingerprint density at radius 2 is 2.20 bits per heavy atom. The summed E-state index contributed by atoms with van der Waals surface area (Å²) in [4.78, 5) is 2.24. The fraction of sp³-hybridized carbons (Fsp3) is 0.500. The summed E-state index contributed by atoms with van der Waals surface area (Å²) in [6, 6.07) is 6.28. The van der Waals surface area contributed by atoms with Crippen LogP contribution >= 0.6 is 11.6 Å². The molecule has 1 aromatic rings. The van der Waals surface area contributed by atoms with Gasteiger partial charge in [-0.25, -0.2) is 0 Å². The van der Waals surface area contributed by atoms with Gasteiger partial charge in [0.1, 0.15) is 0 Å². The van der Waals surface area contributed by atoms with Crippen molar-refractivity contribution < 1.29 is 5.11 Å². The van der Waals surface area contributed by atoms with Gasteiger partial charge in [-0.05, 0) is 31.4 Å². The number of hydrogen-bond acceptors (Lipinski definition) is 2. The second-order valence-electron chi connectivity index (χ2n) is 4.13. The summed E-state index contributed by atoms with van der Waals surface area (Å²) in [6.45, 7) is 0.0730. The maximum atomic E-state index is 9.26. The van der Waals surface area contributed by atoms with Crippen LogP contribution in [0.25, 0.3) is 0 Å². The van der Waals surface area contributed by atoms with Gasteiger partial charge in [0.25, 0.3) is 0 Å². The number of benzene rings is 1. The summed E-state index contributed by atoms with van der Waals surface area (Å²) in [5, 5.41) is 9.99. The van der Waals surface area contributed by atoms with Gasteiger partial charge in [0.15, 0.2) is 0 Å². The van der Waals surface area contributed by atoms with E-state index in [0.29, 0.717) is 6.04 Å². The van der Waals surface area contributed by atoms with Crippen molar-refractivity contribution in [2.75, 3.05) is 11.9 Å². The average Bonchev–Trinajstić information content (AvgIpc) is 2.15. The van der Waals surface area contributed by atoms with E-state index in [1.54, 1.807) is 0 Å². The van der Waals surface area contributed by atoms with Crippen molar-refractivity contribution in [3.8, 4) is 0 Å². The monoisotopic (exact) mass is 225 g/mol. The molecule has 1 fully saturated rings. The summed E-state index contributed by atoms with van der Waals surface area (Å²) in [5.74, 6) is 0. The topological polar surface area (TPSA) is 23.5 Å². The van der Waals surface area contributed by atoms with Crippen LogP contribution in [0, 0.1) is 0 Å². The Balaban J connectivity index is 2.27. The van der Waals surface area contributed by atoms with Crippen LogP contribution in [0.5, 0.6) is 0 Å². The van der Waals surface area contributed by atoms with Crippen molar-refractivity contribution in [3.05, 3.63) is 28.8 Å². The maximum Gasteiger partial charge on any atom is 0.0702 e. The molecule has 0 radical (unpaired) electrons. The molecule has 1 aliphatic rings. The number of nitrogens with zero attached hydrogens (tertiary/aromatic N) is 1. The summed E-state index contributed by atoms with van der Waals surface area (Å²) in [5.41, 5.74) is 2.02. The summed E-state index contributed by atoms with van der Waals surface area (Å²) in [7, 11) is 2.08. The van der Waals surface area contributed by atoms with E-state index in [1.807, 2.05) is 18.2 Å². The van der Waals surface area contributed by atoms with Gasteiger partial charge in [-0.15, -0.1) is 0 Å². The van der Waals surface area contributed by atoms with Gasteiger partial charge < -0.3 is 10.0 Å². The van der Waals surface area contributed by atoms with Crippen molar-refractivity contribution in [1.82, 2.24) is 0 Å². The minimum Gasteiger partial charge on any atom is -0.392 e. The van der Waals surface area contributed by atoms with E-state index in [1.165, 1.54) is 19.3 Å². The number of aliphatic hydroxyl groups excluding tert-OH is 1. The van der Waals surface area contributed by atoms with E-state index < -0.39 is 0 Å².